The number of hydrogen-bond acceptors (Lipinski definition) is 4. The molecule has 2 N–H and O–H groups in total. The second kappa shape index (κ2) is 9.73. The molecule has 2 aromatic carbocycles. The molecule has 0 fully saturated rings. The fourth-order valence-electron chi connectivity index (χ4n) is 1.75. The van der Waals surface area contributed by atoms with Crippen LogP contribution in [0.5, 0.6) is 11.5 Å². The molecule has 0 saturated heterocycles. The van der Waals surface area contributed by atoms with E-state index in [4.69, 9.17) is 34.2 Å². The Bertz CT molecular complexity index is 850. The minimum atomic E-state index is -4.78. The Balaban J connectivity index is 0.000000280. The zero-order valence-electron chi connectivity index (χ0n) is 13.5. The molecule has 0 aliphatic rings. The zero-order valence-corrected chi connectivity index (χ0v) is 15.0. The van der Waals surface area contributed by atoms with Crippen LogP contribution in [0, 0.1) is 11.3 Å². The van der Waals surface area contributed by atoms with E-state index in [0.29, 0.717) is 5.56 Å². The SMILES string of the molecule is N#Cc1cc(Cl)cc(OC(F)(F)F)c1.NCc1cc(Cl)cc(OC(F)(F)F)c1. The summed E-state index contributed by atoms with van der Waals surface area (Å²) < 4.78 is 78.0. The molecule has 0 bridgehead atoms. The number of benzene rings is 2. The summed E-state index contributed by atoms with van der Waals surface area (Å²) in [7, 11) is 0. The van der Waals surface area contributed by atoms with Crippen LogP contribution in [-0.2, 0) is 6.54 Å². The van der Waals surface area contributed by atoms with Crippen LogP contribution in [-0.4, -0.2) is 12.7 Å². The normalized spacial score (nSPS) is 11.1. The first-order chi connectivity index (χ1) is 12.8. The lowest BCUT2D eigenvalue weighted by Gasteiger charge is -2.10. The largest absolute Gasteiger partial charge is 0.573 e. The van der Waals surface area contributed by atoms with Gasteiger partial charge in [0.05, 0.1) is 11.6 Å². The molecule has 0 unspecified atom stereocenters. The molecule has 0 aromatic heterocycles. The summed E-state index contributed by atoms with van der Waals surface area (Å²) >= 11 is 11.0. The number of nitrogens with zero attached hydrogens (tertiary/aromatic N) is 1. The molecular formula is C16H10Cl2F6N2O2. The summed E-state index contributed by atoms with van der Waals surface area (Å²) in [5, 5.41) is 8.62. The lowest BCUT2D eigenvalue weighted by molar-refractivity contribution is -0.275. The van der Waals surface area contributed by atoms with Crippen LogP contribution in [0.25, 0.3) is 0 Å². The highest BCUT2D eigenvalue weighted by molar-refractivity contribution is 6.31. The average molecular weight is 447 g/mol. The van der Waals surface area contributed by atoms with E-state index >= 15 is 0 Å². The van der Waals surface area contributed by atoms with E-state index in [1.165, 1.54) is 18.2 Å². The van der Waals surface area contributed by atoms with Crippen LogP contribution in [0.4, 0.5) is 26.3 Å². The van der Waals surface area contributed by atoms with Crippen molar-refractivity contribution in [2.45, 2.75) is 19.3 Å². The third-order valence-corrected chi connectivity index (χ3v) is 3.07. The minimum Gasteiger partial charge on any atom is -0.406 e. The van der Waals surface area contributed by atoms with Crippen molar-refractivity contribution in [1.29, 1.82) is 5.26 Å². The average Bonchev–Trinajstić information content (AvgIpc) is 2.50. The van der Waals surface area contributed by atoms with Crippen molar-refractivity contribution in [2.24, 2.45) is 5.73 Å². The van der Waals surface area contributed by atoms with Gasteiger partial charge in [-0.05, 0) is 42.0 Å². The van der Waals surface area contributed by atoms with Gasteiger partial charge in [-0.3, -0.25) is 0 Å². The van der Waals surface area contributed by atoms with Crippen molar-refractivity contribution in [1.82, 2.24) is 0 Å². The second-order valence-corrected chi connectivity index (χ2v) is 5.76. The third-order valence-electron chi connectivity index (χ3n) is 2.63. The fraction of sp³-hybridized carbons (Fsp3) is 0.188. The Hall–Kier alpha value is -2.35. The van der Waals surface area contributed by atoms with Gasteiger partial charge in [-0.15, -0.1) is 26.3 Å². The highest BCUT2D eigenvalue weighted by atomic mass is 35.5. The topological polar surface area (TPSA) is 68.3 Å². The molecule has 28 heavy (non-hydrogen) atoms. The predicted molar refractivity (Wildman–Crippen MR) is 88.9 cm³/mol. The van der Waals surface area contributed by atoms with Crippen LogP contribution >= 0.6 is 23.2 Å². The highest BCUT2D eigenvalue weighted by Gasteiger charge is 2.32. The molecule has 0 heterocycles. The smallest absolute Gasteiger partial charge is 0.406 e. The number of halogens is 8. The number of ether oxygens (including phenoxy) is 2. The van der Waals surface area contributed by atoms with E-state index in [-0.39, 0.29) is 27.9 Å². The van der Waals surface area contributed by atoms with Gasteiger partial charge in [0.25, 0.3) is 0 Å². The van der Waals surface area contributed by atoms with Gasteiger partial charge in [-0.25, -0.2) is 0 Å². The second-order valence-electron chi connectivity index (χ2n) is 4.88. The van der Waals surface area contributed by atoms with Crippen molar-refractivity contribution in [3.63, 3.8) is 0 Å². The summed E-state index contributed by atoms with van der Waals surface area (Å²) in [5.41, 5.74) is 5.75. The number of alkyl halides is 6. The Kier molecular flexibility index (Phi) is 8.23. The summed E-state index contributed by atoms with van der Waals surface area (Å²) in [6.07, 6.45) is -9.49. The summed E-state index contributed by atoms with van der Waals surface area (Å²) in [4.78, 5) is 0. The lowest BCUT2D eigenvalue weighted by atomic mass is 10.2. The van der Waals surface area contributed by atoms with E-state index in [9.17, 15) is 26.3 Å². The quantitative estimate of drug-likeness (QED) is 0.604. The van der Waals surface area contributed by atoms with Crippen LogP contribution in [0.3, 0.4) is 0 Å². The van der Waals surface area contributed by atoms with Gasteiger partial charge in [-0.1, -0.05) is 23.2 Å². The van der Waals surface area contributed by atoms with Crippen LogP contribution in [0.15, 0.2) is 36.4 Å². The molecule has 2 rings (SSSR count). The molecule has 0 radical (unpaired) electrons. The maximum Gasteiger partial charge on any atom is 0.573 e. The molecular weight excluding hydrogens is 437 g/mol. The summed E-state index contributed by atoms with van der Waals surface area (Å²) in [6.45, 7) is 0.106. The molecule has 0 amide bonds. The van der Waals surface area contributed by atoms with Crippen molar-refractivity contribution >= 4 is 23.2 Å². The summed E-state index contributed by atoms with van der Waals surface area (Å²) in [5.74, 6) is -0.855. The Morgan fingerprint density at radius 1 is 0.821 bits per heavy atom. The minimum absolute atomic E-state index is 0.0109. The first-order valence-corrected chi connectivity index (χ1v) is 7.78. The number of nitriles is 1. The molecule has 12 heteroatoms. The molecule has 0 aliphatic carbocycles. The van der Waals surface area contributed by atoms with Crippen LogP contribution in [0.2, 0.25) is 10.0 Å². The van der Waals surface area contributed by atoms with E-state index in [2.05, 4.69) is 9.47 Å². The van der Waals surface area contributed by atoms with Crippen molar-refractivity contribution in [3.8, 4) is 17.6 Å². The molecule has 0 aliphatic heterocycles. The maximum absolute atomic E-state index is 11.8. The molecule has 152 valence electrons. The van der Waals surface area contributed by atoms with Gasteiger partial charge < -0.3 is 15.2 Å². The van der Waals surface area contributed by atoms with Crippen molar-refractivity contribution < 1.29 is 35.8 Å². The molecule has 2 aromatic rings. The van der Waals surface area contributed by atoms with Gasteiger partial charge in [0.2, 0.25) is 0 Å². The molecule has 0 saturated carbocycles. The Morgan fingerprint density at radius 2 is 1.29 bits per heavy atom. The third kappa shape index (κ3) is 9.55. The van der Waals surface area contributed by atoms with Gasteiger partial charge in [-0.2, -0.15) is 5.26 Å². The van der Waals surface area contributed by atoms with Crippen LogP contribution in [0.1, 0.15) is 11.1 Å². The monoisotopic (exact) mass is 446 g/mol. The van der Waals surface area contributed by atoms with Crippen LogP contribution < -0.4 is 15.2 Å². The molecule has 0 spiro atoms. The van der Waals surface area contributed by atoms with E-state index in [1.54, 1.807) is 6.07 Å². The van der Waals surface area contributed by atoms with E-state index < -0.39 is 18.5 Å². The van der Waals surface area contributed by atoms with Gasteiger partial charge >= 0.3 is 12.7 Å². The Morgan fingerprint density at radius 3 is 1.71 bits per heavy atom. The fourth-order valence-corrected chi connectivity index (χ4v) is 2.22. The zero-order chi connectivity index (χ0) is 21.5. The van der Waals surface area contributed by atoms with Gasteiger partial charge in [0, 0.05) is 16.6 Å². The Labute approximate surface area is 165 Å². The van der Waals surface area contributed by atoms with E-state index in [1.807, 2.05) is 0 Å². The van der Waals surface area contributed by atoms with Crippen molar-refractivity contribution in [3.05, 3.63) is 57.6 Å². The maximum atomic E-state index is 11.8. The standard InChI is InChI=1S/C8H7ClF3NO.C8H3ClF3NO/c2*9-6-1-5(4-13)2-7(3-6)14-8(10,11)12/h1-3H,4,13H2;1-3H. The number of nitrogens with two attached hydrogens (primary N) is 1. The lowest BCUT2D eigenvalue weighted by Crippen LogP contribution is -2.17. The first-order valence-electron chi connectivity index (χ1n) is 7.03. The number of rotatable bonds is 3. The predicted octanol–water partition coefficient (Wildman–Crippen LogP) is 5.81. The van der Waals surface area contributed by atoms with Gasteiger partial charge in [0.1, 0.15) is 11.5 Å². The summed E-state index contributed by atoms with van der Waals surface area (Å²) in [6, 6.07) is 8.59. The number of hydrogen-bond donors (Lipinski definition) is 1. The van der Waals surface area contributed by atoms with Gasteiger partial charge in [0.15, 0.2) is 0 Å². The molecule has 0 atom stereocenters. The highest BCUT2D eigenvalue weighted by Crippen LogP contribution is 2.27. The van der Waals surface area contributed by atoms with E-state index in [0.717, 1.165) is 18.2 Å². The molecule has 4 nitrogen and oxygen atoms in total. The van der Waals surface area contributed by atoms with Crippen molar-refractivity contribution in [2.75, 3.05) is 0 Å². The first kappa shape index (κ1) is 23.7.